The molecule has 33 heavy (non-hydrogen) atoms. The molecule has 4 rings (SSSR count). The van der Waals surface area contributed by atoms with Gasteiger partial charge in [-0.1, -0.05) is 53.5 Å². The smallest absolute Gasteiger partial charge is 0.430 e. The lowest BCUT2D eigenvalue weighted by Crippen LogP contribution is -2.74. The Morgan fingerprint density at radius 2 is 1.97 bits per heavy atom. The van der Waals surface area contributed by atoms with Crippen LogP contribution in [0.15, 0.2) is 41.1 Å². The van der Waals surface area contributed by atoms with Crippen LogP contribution in [0.4, 0.5) is 9.59 Å². The molecule has 14 heteroatoms. The zero-order chi connectivity index (χ0) is 23.5. The number of ether oxygens (including phenoxy) is 4. The normalized spacial score (nSPS) is 23.5. The van der Waals surface area contributed by atoms with E-state index < -0.39 is 36.4 Å². The van der Waals surface area contributed by atoms with Crippen LogP contribution in [0, 0.1) is 6.92 Å². The van der Waals surface area contributed by atoms with Gasteiger partial charge in [0.15, 0.2) is 10.4 Å². The molecule has 0 bridgehead atoms. The van der Waals surface area contributed by atoms with Crippen molar-refractivity contribution in [3.63, 3.8) is 0 Å². The summed E-state index contributed by atoms with van der Waals surface area (Å²) in [5.41, 5.74) is 0.582. The van der Waals surface area contributed by atoms with Gasteiger partial charge in [0.05, 0.1) is 6.04 Å². The van der Waals surface area contributed by atoms with Crippen LogP contribution < -0.4 is 0 Å². The average molecular weight is 497 g/mol. The highest BCUT2D eigenvalue weighted by molar-refractivity contribution is 8.01. The van der Waals surface area contributed by atoms with E-state index in [1.54, 1.807) is 0 Å². The lowest BCUT2D eigenvalue weighted by Gasteiger charge is -2.50. The van der Waals surface area contributed by atoms with E-state index in [1.807, 2.05) is 6.92 Å². The van der Waals surface area contributed by atoms with Gasteiger partial charge in [0.2, 0.25) is 5.88 Å². The van der Waals surface area contributed by atoms with Crippen molar-refractivity contribution in [1.82, 2.24) is 20.2 Å². The van der Waals surface area contributed by atoms with Crippen molar-refractivity contribution in [3.05, 3.63) is 41.8 Å². The highest BCUT2D eigenvalue weighted by Gasteiger charge is 2.65. The minimum Gasteiger partial charge on any atom is -0.430 e. The third kappa shape index (κ3) is 4.59. The first-order chi connectivity index (χ1) is 15.9. The van der Waals surface area contributed by atoms with Crippen LogP contribution in [0.1, 0.15) is 5.01 Å². The number of carbonyl (C=O) groups excluding carboxylic acids is 3. The molecule has 1 amide bonds. The topological polar surface area (TPSA) is 130 Å². The van der Waals surface area contributed by atoms with E-state index in [0.717, 1.165) is 14.4 Å². The molecule has 1 aromatic rings. The first kappa shape index (κ1) is 23.2. The van der Waals surface area contributed by atoms with Crippen LogP contribution in [0.5, 0.6) is 0 Å². The Hall–Kier alpha value is -2.94. The summed E-state index contributed by atoms with van der Waals surface area (Å²) >= 11 is 2.80. The fraction of sp³-hybridized carbons (Fsp3) is 0.421. The maximum absolute atomic E-state index is 13.0. The van der Waals surface area contributed by atoms with Crippen molar-refractivity contribution in [2.45, 2.75) is 29.5 Å². The number of rotatable bonds is 9. The number of carbonyl (C=O) groups is 3. The van der Waals surface area contributed by atoms with Crippen molar-refractivity contribution >= 4 is 41.3 Å². The number of thioether (sulfide) groups is 1. The molecule has 0 aliphatic carbocycles. The van der Waals surface area contributed by atoms with Crippen molar-refractivity contribution in [2.75, 3.05) is 25.7 Å². The van der Waals surface area contributed by atoms with Crippen LogP contribution in [0.25, 0.3) is 0 Å². The Balaban J connectivity index is 1.52. The summed E-state index contributed by atoms with van der Waals surface area (Å²) in [4.78, 5) is 43.4. The molecule has 3 aliphatic rings. The summed E-state index contributed by atoms with van der Waals surface area (Å²) in [6.07, 6.45) is 0.254. The Bertz CT molecular complexity index is 1010. The maximum Gasteiger partial charge on any atom is 0.528 e. The lowest BCUT2D eigenvalue weighted by atomic mass is 9.90. The van der Waals surface area contributed by atoms with E-state index >= 15 is 0 Å². The van der Waals surface area contributed by atoms with E-state index in [-0.39, 0.29) is 25.8 Å². The van der Waals surface area contributed by atoms with Gasteiger partial charge in [-0.05, 0) is 6.92 Å². The van der Waals surface area contributed by atoms with Gasteiger partial charge < -0.3 is 23.8 Å². The Morgan fingerprint density at radius 3 is 2.64 bits per heavy atom. The van der Waals surface area contributed by atoms with Crippen molar-refractivity contribution in [3.8, 4) is 0 Å². The highest BCUT2D eigenvalue weighted by atomic mass is 32.2. The largest absolute Gasteiger partial charge is 0.528 e. The molecule has 0 radical (unpaired) electrons. The average Bonchev–Trinajstić information content (AvgIpc) is 3.33. The number of hydroxylamine groups is 2. The Morgan fingerprint density at radius 1 is 1.24 bits per heavy atom. The van der Waals surface area contributed by atoms with Gasteiger partial charge in [-0.25, -0.2) is 9.59 Å². The molecular weight excluding hydrogens is 476 g/mol. The summed E-state index contributed by atoms with van der Waals surface area (Å²) in [5.74, 6) is -0.0354. The van der Waals surface area contributed by atoms with E-state index in [2.05, 4.69) is 23.4 Å². The summed E-state index contributed by atoms with van der Waals surface area (Å²) in [6, 6.07) is -1.36. The number of aromatic nitrogens is 2. The number of nitrogens with zero attached hydrogens (tertiary/aromatic N) is 4. The quantitative estimate of drug-likeness (QED) is 0.214. The summed E-state index contributed by atoms with van der Waals surface area (Å²) < 4.78 is 21.7. The molecule has 3 atom stereocenters. The van der Waals surface area contributed by atoms with Gasteiger partial charge in [0.25, 0.3) is 5.91 Å². The van der Waals surface area contributed by atoms with E-state index in [9.17, 15) is 14.4 Å². The molecule has 3 aliphatic heterocycles. The van der Waals surface area contributed by atoms with E-state index in [0.29, 0.717) is 11.3 Å². The van der Waals surface area contributed by atoms with Gasteiger partial charge in [-0.15, -0.1) is 10.2 Å². The fourth-order valence-electron chi connectivity index (χ4n) is 3.54. The third-order valence-electron chi connectivity index (χ3n) is 4.82. The van der Waals surface area contributed by atoms with Crippen LogP contribution in [0.2, 0.25) is 0 Å². The molecule has 4 heterocycles. The number of β-lactam (4-membered cyclic amide) rings is 1. The van der Waals surface area contributed by atoms with E-state index in [1.165, 1.54) is 40.2 Å². The second-order valence-corrected chi connectivity index (χ2v) is 9.28. The van der Waals surface area contributed by atoms with Crippen LogP contribution in [-0.4, -0.2) is 82.3 Å². The SMILES string of the molecule is C=CCOC(=O)OC1=C(CSc2nnc(C)s2)C2OCN(OC(=O)OCC=C)[C@@H]3C(=O)N1[C@H]23. The predicted molar refractivity (Wildman–Crippen MR) is 114 cm³/mol. The van der Waals surface area contributed by atoms with E-state index in [4.69, 9.17) is 23.8 Å². The molecule has 0 saturated carbocycles. The van der Waals surface area contributed by atoms with Gasteiger partial charge >= 0.3 is 12.3 Å². The van der Waals surface area contributed by atoms with Gasteiger partial charge in [0, 0.05) is 11.3 Å². The maximum atomic E-state index is 13.0. The minimum absolute atomic E-state index is 0.0385. The molecule has 0 N–H and O–H groups in total. The molecule has 0 aromatic carbocycles. The van der Waals surface area contributed by atoms with Crippen molar-refractivity contribution < 1.29 is 38.2 Å². The molecule has 2 fully saturated rings. The monoisotopic (exact) mass is 496 g/mol. The molecule has 0 spiro atoms. The molecule has 176 valence electrons. The molecule has 1 unspecified atom stereocenters. The molecule has 1 aromatic heterocycles. The zero-order valence-corrected chi connectivity index (χ0v) is 19.1. The van der Waals surface area contributed by atoms with Crippen LogP contribution in [-0.2, 0) is 28.6 Å². The third-order valence-corrected chi connectivity index (χ3v) is 6.84. The van der Waals surface area contributed by atoms with Crippen LogP contribution in [0.3, 0.4) is 0 Å². The first-order valence-corrected chi connectivity index (χ1v) is 11.5. The van der Waals surface area contributed by atoms with Gasteiger partial charge in [0.1, 0.15) is 31.1 Å². The number of amides is 1. The highest BCUT2D eigenvalue weighted by Crippen LogP contribution is 2.47. The Labute approximate surface area is 196 Å². The van der Waals surface area contributed by atoms with Gasteiger partial charge in [-0.3, -0.25) is 9.69 Å². The summed E-state index contributed by atoms with van der Waals surface area (Å²) in [7, 11) is 0. The standard InChI is InChI=1S/C19H20N4O8S2/c1-4-6-27-18(25)30-16-11(8-32-17-21-20-10(3)33-17)14-12-13(15(24)23(12)16)22(9-29-14)31-19(26)28-7-5-2/h4-5,12-14H,1-2,6-9H2,3H3/t12-,13-,14?/m0/s1. The Kier molecular flexibility index (Phi) is 6.97. The fourth-order valence-corrected chi connectivity index (χ4v) is 5.40. The summed E-state index contributed by atoms with van der Waals surface area (Å²) in [5, 5.41) is 9.99. The number of hydrogen-bond donors (Lipinski definition) is 0. The first-order valence-electron chi connectivity index (χ1n) is 9.73. The lowest BCUT2D eigenvalue weighted by molar-refractivity contribution is -0.272. The van der Waals surface area contributed by atoms with Gasteiger partial charge in [-0.2, -0.15) is 0 Å². The summed E-state index contributed by atoms with van der Waals surface area (Å²) in [6.45, 7) is 8.52. The van der Waals surface area contributed by atoms with Crippen molar-refractivity contribution in [1.29, 1.82) is 0 Å². The predicted octanol–water partition coefficient (Wildman–Crippen LogP) is 1.99. The van der Waals surface area contributed by atoms with Crippen LogP contribution >= 0.6 is 23.1 Å². The zero-order valence-electron chi connectivity index (χ0n) is 17.5. The second-order valence-electron chi connectivity index (χ2n) is 6.88. The molecule has 12 nitrogen and oxygen atoms in total. The molecular formula is C19H20N4O8S2. The minimum atomic E-state index is -0.985. The second kappa shape index (κ2) is 9.91. The van der Waals surface area contributed by atoms with Crippen molar-refractivity contribution in [2.24, 2.45) is 0 Å². The number of aryl methyl sites for hydroxylation is 1. The number of hydrogen-bond acceptors (Lipinski definition) is 13. The molecule has 2 saturated heterocycles.